The molecular weight excluding hydrogens is 200 g/mol. The minimum Gasteiger partial charge on any atom is -0.465 e. The van der Waals surface area contributed by atoms with Gasteiger partial charge in [0.2, 0.25) is 0 Å². The summed E-state index contributed by atoms with van der Waals surface area (Å²) in [5.74, 6) is 0. The average Bonchev–Trinajstić information content (AvgIpc) is 2.20. The number of hydrogen-bond donors (Lipinski definition) is 0. The van der Waals surface area contributed by atoms with Crippen molar-refractivity contribution in [3.05, 3.63) is 0 Å². The Balaban J connectivity index is 2.89. The standard InChI is InChI=1S/C10H20O5/c1-10(2)15-8-7-13-4-3-12-5-6-14-9-11/h9-10H,3-8H2,1-2H3. The number of carbonyl (C=O) groups excluding carboxylic acids is 1. The smallest absolute Gasteiger partial charge is 0.293 e. The van der Waals surface area contributed by atoms with Crippen LogP contribution in [0, 0.1) is 0 Å². The van der Waals surface area contributed by atoms with Crippen LogP contribution < -0.4 is 0 Å². The highest BCUT2D eigenvalue weighted by molar-refractivity contribution is 5.36. The molecule has 0 spiro atoms. The van der Waals surface area contributed by atoms with Crippen molar-refractivity contribution in [2.45, 2.75) is 20.0 Å². The SMILES string of the molecule is CC(C)OCCOCCOCCOC=O. The topological polar surface area (TPSA) is 54.0 Å². The largest absolute Gasteiger partial charge is 0.465 e. The van der Waals surface area contributed by atoms with Crippen LogP contribution in [0.25, 0.3) is 0 Å². The summed E-state index contributed by atoms with van der Waals surface area (Å²) in [6.07, 6.45) is 0.241. The Kier molecular flexibility index (Phi) is 10.9. The third-order valence-electron chi connectivity index (χ3n) is 1.46. The van der Waals surface area contributed by atoms with E-state index >= 15 is 0 Å². The van der Waals surface area contributed by atoms with Crippen LogP contribution >= 0.6 is 0 Å². The molecule has 5 heteroatoms. The third-order valence-corrected chi connectivity index (χ3v) is 1.46. The second-order valence-electron chi connectivity index (χ2n) is 3.11. The molecule has 0 heterocycles. The monoisotopic (exact) mass is 220 g/mol. The molecule has 15 heavy (non-hydrogen) atoms. The molecule has 0 rings (SSSR count). The van der Waals surface area contributed by atoms with E-state index in [2.05, 4.69) is 4.74 Å². The molecule has 0 unspecified atom stereocenters. The van der Waals surface area contributed by atoms with E-state index < -0.39 is 0 Å². The molecular formula is C10H20O5. The summed E-state index contributed by atoms with van der Waals surface area (Å²) >= 11 is 0. The van der Waals surface area contributed by atoms with Crippen molar-refractivity contribution in [2.75, 3.05) is 39.6 Å². The number of carbonyl (C=O) groups is 1. The van der Waals surface area contributed by atoms with Crippen molar-refractivity contribution in [2.24, 2.45) is 0 Å². The fourth-order valence-corrected chi connectivity index (χ4v) is 0.820. The molecule has 0 saturated carbocycles. The highest BCUT2D eigenvalue weighted by Crippen LogP contribution is 1.87. The first-order valence-corrected chi connectivity index (χ1v) is 5.09. The normalized spacial score (nSPS) is 10.6. The highest BCUT2D eigenvalue weighted by Gasteiger charge is 1.93. The molecule has 0 aliphatic carbocycles. The van der Waals surface area contributed by atoms with Gasteiger partial charge in [-0.3, -0.25) is 4.79 Å². The van der Waals surface area contributed by atoms with E-state index in [9.17, 15) is 4.79 Å². The fraction of sp³-hybridized carbons (Fsp3) is 0.900. The zero-order valence-electron chi connectivity index (χ0n) is 9.44. The molecule has 0 aliphatic heterocycles. The maximum atomic E-state index is 9.75. The van der Waals surface area contributed by atoms with Gasteiger partial charge in [-0.1, -0.05) is 0 Å². The molecule has 0 aliphatic rings. The maximum absolute atomic E-state index is 9.75. The van der Waals surface area contributed by atoms with Crippen LogP contribution in [-0.2, 0) is 23.7 Å². The van der Waals surface area contributed by atoms with Crippen LogP contribution in [0.1, 0.15) is 13.8 Å². The number of hydrogen-bond acceptors (Lipinski definition) is 5. The van der Waals surface area contributed by atoms with Gasteiger partial charge >= 0.3 is 0 Å². The van der Waals surface area contributed by atoms with Gasteiger partial charge in [0.25, 0.3) is 6.47 Å². The zero-order chi connectivity index (χ0) is 11.4. The number of ether oxygens (including phenoxy) is 4. The van der Waals surface area contributed by atoms with Gasteiger partial charge in [0, 0.05) is 0 Å². The van der Waals surface area contributed by atoms with Gasteiger partial charge in [0.15, 0.2) is 0 Å². The molecule has 0 N–H and O–H groups in total. The van der Waals surface area contributed by atoms with Crippen LogP contribution in [0.2, 0.25) is 0 Å². The van der Waals surface area contributed by atoms with Gasteiger partial charge in [0.05, 0.1) is 39.1 Å². The van der Waals surface area contributed by atoms with Gasteiger partial charge in [-0.25, -0.2) is 0 Å². The maximum Gasteiger partial charge on any atom is 0.293 e. The Bertz CT molecular complexity index is 138. The second kappa shape index (κ2) is 11.4. The second-order valence-corrected chi connectivity index (χ2v) is 3.11. The van der Waals surface area contributed by atoms with Crippen molar-refractivity contribution >= 4 is 6.47 Å². The molecule has 0 fully saturated rings. The molecule has 0 bridgehead atoms. The molecule has 5 nitrogen and oxygen atoms in total. The lowest BCUT2D eigenvalue weighted by molar-refractivity contribution is -0.130. The van der Waals surface area contributed by atoms with E-state index in [1.807, 2.05) is 13.8 Å². The minimum atomic E-state index is 0.241. The Morgan fingerprint density at radius 1 is 0.933 bits per heavy atom. The van der Waals surface area contributed by atoms with Gasteiger partial charge < -0.3 is 18.9 Å². The van der Waals surface area contributed by atoms with Crippen LogP contribution in [-0.4, -0.2) is 52.2 Å². The molecule has 0 radical (unpaired) electrons. The highest BCUT2D eigenvalue weighted by atomic mass is 16.6. The predicted octanol–water partition coefficient (Wildman–Crippen LogP) is 0.618. The molecule has 0 aromatic carbocycles. The van der Waals surface area contributed by atoms with E-state index in [-0.39, 0.29) is 6.10 Å². The lowest BCUT2D eigenvalue weighted by Gasteiger charge is -2.08. The summed E-state index contributed by atoms with van der Waals surface area (Å²) in [7, 11) is 0. The van der Waals surface area contributed by atoms with Crippen molar-refractivity contribution < 1.29 is 23.7 Å². The van der Waals surface area contributed by atoms with Crippen molar-refractivity contribution in [1.82, 2.24) is 0 Å². The first-order chi connectivity index (χ1) is 7.27. The van der Waals surface area contributed by atoms with Gasteiger partial charge in [-0.2, -0.15) is 0 Å². The Hall–Kier alpha value is -0.650. The molecule has 0 aromatic heterocycles. The molecule has 0 aromatic rings. The van der Waals surface area contributed by atoms with Crippen LogP contribution in [0.4, 0.5) is 0 Å². The summed E-state index contributed by atoms with van der Waals surface area (Å²) in [6, 6.07) is 0. The lowest BCUT2D eigenvalue weighted by atomic mass is 10.5. The third kappa shape index (κ3) is 13.3. The Labute approximate surface area is 90.6 Å². The summed E-state index contributed by atoms with van der Waals surface area (Å²) in [4.78, 5) is 9.75. The zero-order valence-corrected chi connectivity index (χ0v) is 9.44. The van der Waals surface area contributed by atoms with Crippen molar-refractivity contribution in [3.8, 4) is 0 Å². The lowest BCUT2D eigenvalue weighted by Crippen LogP contribution is -2.13. The Morgan fingerprint density at radius 2 is 1.47 bits per heavy atom. The first-order valence-electron chi connectivity index (χ1n) is 5.09. The van der Waals surface area contributed by atoms with Crippen molar-refractivity contribution in [1.29, 1.82) is 0 Å². The summed E-state index contributed by atoms with van der Waals surface area (Å²) in [5.41, 5.74) is 0. The van der Waals surface area contributed by atoms with Gasteiger partial charge in [0.1, 0.15) is 6.61 Å². The van der Waals surface area contributed by atoms with Crippen LogP contribution in [0.15, 0.2) is 0 Å². The van der Waals surface area contributed by atoms with E-state index in [4.69, 9.17) is 14.2 Å². The van der Waals surface area contributed by atoms with Gasteiger partial charge in [-0.05, 0) is 13.8 Å². The van der Waals surface area contributed by atoms with Gasteiger partial charge in [-0.15, -0.1) is 0 Å². The van der Waals surface area contributed by atoms with Crippen LogP contribution in [0.3, 0.4) is 0 Å². The molecule has 0 saturated heterocycles. The van der Waals surface area contributed by atoms with E-state index in [1.165, 1.54) is 0 Å². The molecule has 90 valence electrons. The van der Waals surface area contributed by atoms with E-state index in [0.29, 0.717) is 46.1 Å². The summed E-state index contributed by atoms with van der Waals surface area (Å²) in [6.45, 7) is 7.28. The molecule has 0 amide bonds. The quantitative estimate of drug-likeness (QED) is 0.377. The molecule has 0 atom stereocenters. The van der Waals surface area contributed by atoms with E-state index in [0.717, 1.165) is 0 Å². The van der Waals surface area contributed by atoms with Crippen molar-refractivity contribution in [3.63, 3.8) is 0 Å². The predicted molar refractivity (Wildman–Crippen MR) is 54.7 cm³/mol. The summed E-state index contributed by atoms with van der Waals surface area (Å²) < 4.78 is 20.1. The van der Waals surface area contributed by atoms with Crippen LogP contribution in [0.5, 0.6) is 0 Å². The summed E-state index contributed by atoms with van der Waals surface area (Å²) in [5, 5.41) is 0. The number of rotatable bonds is 11. The fourth-order valence-electron chi connectivity index (χ4n) is 0.820. The minimum absolute atomic E-state index is 0.241. The first kappa shape index (κ1) is 14.3. The average molecular weight is 220 g/mol. The Morgan fingerprint density at radius 3 is 2.00 bits per heavy atom. The van der Waals surface area contributed by atoms with E-state index in [1.54, 1.807) is 0 Å².